The summed E-state index contributed by atoms with van der Waals surface area (Å²) in [5.41, 5.74) is 0.703. The van der Waals surface area contributed by atoms with Crippen LogP contribution in [0.4, 0.5) is 0 Å². The molecule has 94 valence electrons. The van der Waals surface area contributed by atoms with Crippen LogP contribution in [0.5, 0.6) is 5.75 Å². The molecule has 1 aromatic carbocycles. The maximum Gasteiger partial charge on any atom is 0.336 e. The van der Waals surface area contributed by atoms with Gasteiger partial charge in [-0.2, -0.15) is 0 Å². The van der Waals surface area contributed by atoms with Gasteiger partial charge < -0.3 is 14.3 Å². The smallest absolute Gasteiger partial charge is 0.336 e. The standard InChI is InChI=1S/C14H14O4/c1-9(2)12(15)8-17-11-5-3-10-4-6-14(16)18-13(10)7-11/h3-7,12,15H,1,8H2,2H3/t12-/m1/s1. The molecule has 2 aromatic rings. The fourth-order valence-corrected chi connectivity index (χ4v) is 1.45. The molecule has 18 heavy (non-hydrogen) atoms. The zero-order valence-electron chi connectivity index (χ0n) is 10.1. The Morgan fingerprint density at radius 3 is 2.89 bits per heavy atom. The van der Waals surface area contributed by atoms with Crippen LogP contribution in [0.3, 0.4) is 0 Å². The summed E-state index contributed by atoms with van der Waals surface area (Å²) >= 11 is 0. The molecule has 4 nitrogen and oxygen atoms in total. The molecule has 1 atom stereocenters. The van der Waals surface area contributed by atoms with E-state index in [1.165, 1.54) is 6.07 Å². The van der Waals surface area contributed by atoms with E-state index in [-0.39, 0.29) is 6.61 Å². The zero-order chi connectivity index (χ0) is 13.1. The van der Waals surface area contributed by atoms with Crippen LogP contribution in [0.2, 0.25) is 0 Å². The van der Waals surface area contributed by atoms with Crippen LogP contribution < -0.4 is 10.4 Å². The largest absolute Gasteiger partial charge is 0.490 e. The van der Waals surface area contributed by atoms with Crippen molar-refractivity contribution in [1.29, 1.82) is 0 Å². The van der Waals surface area contributed by atoms with Gasteiger partial charge in [-0.15, -0.1) is 0 Å². The third-order valence-electron chi connectivity index (χ3n) is 2.57. The normalized spacial score (nSPS) is 12.3. The van der Waals surface area contributed by atoms with E-state index >= 15 is 0 Å². The Kier molecular flexibility index (Phi) is 3.48. The molecule has 0 aliphatic rings. The number of ether oxygens (including phenoxy) is 1. The first-order valence-electron chi connectivity index (χ1n) is 5.56. The number of benzene rings is 1. The summed E-state index contributed by atoms with van der Waals surface area (Å²) in [6.07, 6.45) is -0.705. The third-order valence-corrected chi connectivity index (χ3v) is 2.57. The van der Waals surface area contributed by atoms with Crippen molar-refractivity contribution in [3.05, 3.63) is 52.9 Å². The van der Waals surface area contributed by atoms with Crippen LogP contribution in [0.25, 0.3) is 11.0 Å². The van der Waals surface area contributed by atoms with E-state index in [4.69, 9.17) is 9.15 Å². The van der Waals surface area contributed by atoms with Gasteiger partial charge in [0.1, 0.15) is 24.0 Å². The summed E-state index contributed by atoms with van der Waals surface area (Å²) in [5.74, 6) is 0.539. The van der Waals surface area contributed by atoms with E-state index in [1.807, 2.05) is 0 Å². The molecule has 1 heterocycles. The summed E-state index contributed by atoms with van der Waals surface area (Å²) in [6, 6.07) is 8.23. The molecular formula is C14H14O4. The van der Waals surface area contributed by atoms with Crippen molar-refractivity contribution in [3.63, 3.8) is 0 Å². The molecule has 0 fully saturated rings. The van der Waals surface area contributed by atoms with E-state index in [1.54, 1.807) is 31.2 Å². The number of aliphatic hydroxyl groups excluding tert-OH is 1. The number of aliphatic hydroxyl groups is 1. The average molecular weight is 246 g/mol. The topological polar surface area (TPSA) is 59.7 Å². The van der Waals surface area contributed by atoms with Crippen molar-refractivity contribution in [1.82, 2.24) is 0 Å². The number of fused-ring (bicyclic) bond motifs is 1. The first-order valence-corrected chi connectivity index (χ1v) is 5.56. The van der Waals surface area contributed by atoms with Crippen molar-refractivity contribution in [2.45, 2.75) is 13.0 Å². The zero-order valence-corrected chi connectivity index (χ0v) is 10.1. The third kappa shape index (κ3) is 2.78. The molecule has 1 aromatic heterocycles. The van der Waals surface area contributed by atoms with Crippen LogP contribution >= 0.6 is 0 Å². The molecule has 0 saturated carbocycles. The predicted molar refractivity (Wildman–Crippen MR) is 68.8 cm³/mol. The van der Waals surface area contributed by atoms with Gasteiger partial charge in [-0.1, -0.05) is 6.58 Å². The van der Waals surface area contributed by atoms with Crippen LogP contribution in [0.15, 0.2) is 51.7 Å². The van der Waals surface area contributed by atoms with Crippen molar-refractivity contribution >= 4 is 11.0 Å². The van der Waals surface area contributed by atoms with E-state index in [2.05, 4.69) is 6.58 Å². The fourth-order valence-electron chi connectivity index (χ4n) is 1.45. The molecule has 0 radical (unpaired) electrons. The first kappa shape index (κ1) is 12.4. The van der Waals surface area contributed by atoms with Crippen LogP contribution in [0, 0.1) is 0 Å². The molecule has 0 aliphatic carbocycles. The number of rotatable bonds is 4. The lowest BCUT2D eigenvalue weighted by Gasteiger charge is -2.12. The van der Waals surface area contributed by atoms with Crippen molar-refractivity contribution < 1.29 is 14.3 Å². The SMILES string of the molecule is C=C(C)[C@H](O)COc1ccc2ccc(=O)oc2c1. The van der Waals surface area contributed by atoms with Crippen LogP contribution in [-0.2, 0) is 0 Å². The van der Waals surface area contributed by atoms with Gasteiger partial charge in [0.15, 0.2) is 0 Å². The van der Waals surface area contributed by atoms with Gasteiger partial charge in [0.05, 0.1) is 0 Å². The molecular weight excluding hydrogens is 232 g/mol. The van der Waals surface area contributed by atoms with Gasteiger partial charge in [-0.25, -0.2) is 4.79 Å². The highest BCUT2D eigenvalue weighted by Gasteiger charge is 2.06. The molecule has 4 heteroatoms. The van der Waals surface area contributed by atoms with Crippen LogP contribution in [0.1, 0.15) is 6.92 Å². The second kappa shape index (κ2) is 5.06. The van der Waals surface area contributed by atoms with Gasteiger partial charge in [-0.05, 0) is 30.7 Å². The quantitative estimate of drug-likeness (QED) is 0.663. The second-order valence-electron chi connectivity index (χ2n) is 4.13. The predicted octanol–water partition coefficient (Wildman–Crippen LogP) is 2.11. The highest BCUT2D eigenvalue weighted by Crippen LogP contribution is 2.19. The van der Waals surface area contributed by atoms with Crippen molar-refractivity contribution in [3.8, 4) is 5.75 Å². The molecule has 0 bridgehead atoms. The first-order chi connectivity index (χ1) is 8.56. The summed E-state index contributed by atoms with van der Waals surface area (Å²) in [7, 11) is 0. The highest BCUT2D eigenvalue weighted by molar-refractivity contribution is 5.77. The number of hydrogen-bond acceptors (Lipinski definition) is 4. The van der Waals surface area contributed by atoms with Gasteiger partial charge in [0.25, 0.3) is 0 Å². The molecule has 0 unspecified atom stereocenters. The lowest BCUT2D eigenvalue weighted by atomic mass is 10.2. The molecule has 0 aliphatic heterocycles. The minimum Gasteiger partial charge on any atom is -0.490 e. The molecule has 0 spiro atoms. The Morgan fingerprint density at radius 2 is 2.17 bits per heavy atom. The Balaban J connectivity index is 2.19. The number of hydrogen-bond donors (Lipinski definition) is 1. The van der Waals surface area contributed by atoms with Gasteiger partial charge >= 0.3 is 5.63 Å². The summed E-state index contributed by atoms with van der Waals surface area (Å²) in [6.45, 7) is 5.49. The fraction of sp³-hybridized carbons (Fsp3) is 0.214. The lowest BCUT2D eigenvalue weighted by molar-refractivity contribution is 0.136. The summed E-state index contributed by atoms with van der Waals surface area (Å²) < 4.78 is 10.4. The average Bonchev–Trinajstić information content (AvgIpc) is 2.35. The highest BCUT2D eigenvalue weighted by atomic mass is 16.5. The van der Waals surface area contributed by atoms with E-state index in [9.17, 15) is 9.90 Å². The maximum atomic E-state index is 11.1. The van der Waals surface area contributed by atoms with Gasteiger partial charge in [-0.3, -0.25) is 0 Å². The minimum atomic E-state index is -0.705. The Hall–Kier alpha value is -2.07. The Morgan fingerprint density at radius 1 is 1.44 bits per heavy atom. The lowest BCUT2D eigenvalue weighted by Crippen LogP contribution is -2.18. The van der Waals surface area contributed by atoms with Crippen LogP contribution in [-0.4, -0.2) is 17.8 Å². The Labute approximate surface area is 104 Å². The monoisotopic (exact) mass is 246 g/mol. The molecule has 2 rings (SSSR count). The van der Waals surface area contributed by atoms with Crippen molar-refractivity contribution in [2.24, 2.45) is 0 Å². The van der Waals surface area contributed by atoms with E-state index in [0.29, 0.717) is 16.9 Å². The van der Waals surface area contributed by atoms with Gasteiger partial charge in [0.2, 0.25) is 0 Å². The maximum absolute atomic E-state index is 11.1. The summed E-state index contributed by atoms with van der Waals surface area (Å²) in [5, 5.41) is 10.4. The van der Waals surface area contributed by atoms with E-state index in [0.717, 1.165) is 5.39 Å². The molecule has 0 saturated heterocycles. The molecule has 1 N–H and O–H groups in total. The Bertz CT molecular complexity index is 627. The van der Waals surface area contributed by atoms with E-state index < -0.39 is 11.7 Å². The minimum absolute atomic E-state index is 0.123. The second-order valence-corrected chi connectivity index (χ2v) is 4.13. The van der Waals surface area contributed by atoms with Gasteiger partial charge in [0, 0.05) is 17.5 Å². The van der Waals surface area contributed by atoms with Crippen molar-refractivity contribution in [2.75, 3.05) is 6.61 Å². The molecule has 0 amide bonds. The summed E-state index contributed by atoms with van der Waals surface area (Å²) in [4.78, 5) is 11.1.